The Labute approximate surface area is 251 Å². The first-order chi connectivity index (χ1) is 20.6. The lowest BCUT2D eigenvalue weighted by Gasteiger charge is -2.26. The van der Waals surface area contributed by atoms with E-state index in [1.807, 2.05) is 0 Å². The molecular weight excluding hydrogens is 583 g/mol. The SMILES string of the molecule is CC[C@@H](NC(=O)N1CC(NOc2ccc(F)cc2)=NC[C@@H](Cc2cc(Cl)ccc2OC)C1=O)c1ccc(C(=O)O)c(O)c1. The summed E-state index contributed by atoms with van der Waals surface area (Å²) in [6.07, 6.45) is 0.541. The normalized spacial score (nSPS) is 15.6. The summed E-state index contributed by atoms with van der Waals surface area (Å²) >= 11 is 6.20. The molecule has 0 unspecified atom stereocenters. The standard InChI is InChI=1S/C30H30ClFN4O7/c1-3-24(17-4-10-23(29(39)40)25(37)14-17)34-30(41)36-16-27(35-43-22-8-6-21(32)7-9-22)33-15-19(28(36)38)12-18-13-20(31)5-11-26(18)42-2/h4-11,13-14,19,24,37H,3,12,15-16H2,1-2H3,(H,33,35)(H,34,41)(H,39,40)/t19-,24-/m1/s1. The summed E-state index contributed by atoms with van der Waals surface area (Å²) < 4.78 is 18.7. The molecule has 43 heavy (non-hydrogen) atoms. The van der Waals surface area contributed by atoms with Gasteiger partial charge in [0.15, 0.2) is 11.6 Å². The second-order valence-corrected chi connectivity index (χ2v) is 10.2. The van der Waals surface area contributed by atoms with Gasteiger partial charge < -0.3 is 25.1 Å². The monoisotopic (exact) mass is 612 g/mol. The number of halogens is 2. The van der Waals surface area contributed by atoms with Crippen LogP contribution in [-0.2, 0) is 11.2 Å². The van der Waals surface area contributed by atoms with E-state index >= 15 is 0 Å². The average molecular weight is 613 g/mol. The molecule has 11 nitrogen and oxygen atoms in total. The summed E-state index contributed by atoms with van der Waals surface area (Å²) in [6, 6.07) is 12.9. The van der Waals surface area contributed by atoms with Crippen molar-refractivity contribution in [2.75, 3.05) is 20.2 Å². The van der Waals surface area contributed by atoms with Gasteiger partial charge in [-0.05, 0) is 78.6 Å². The Balaban J connectivity index is 1.59. The number of carbonyl (C=O) groups is 3. The van der Waals surface area contributed by atoms with Gasteiger partial charge in [-0.2, -0.15) is 0 Å². The van der Waals surface area contributed by atoms with Crippen LogP contribution in [0.2, 0.25) is 5.02 Å². The maximum atomic E-state index is 13.8. The van der Waals surface area contributed by atoms with E-state index in [4.69, 9.17) is 21.2 Å². The number of nitrogens with zero attached hydrogens (tertiary/aromatic N) is 2. The molecule has 3 amide bonds. The number of phenols is 1. The average Bonchev–Trinajstić information content (AvgIpc) is 3.14. The van der Waals surface area contributed by atoms with Crippen LogP contribution in [0.15, 0.2) is 65.7 Å². The van der Waals surface area contributed by atoms with Crippen molar-refractivity contribution in [1.82, 2.24) is 15.7 Å². The molecular formula is C30H30ClFN4O7. The Morgan fingerprint density at radius 1 is 1.16 bits per heavy atom. The van der Waals surface area contributed by atoms with Gasteiger partial charge in [0.25, 0.3) is 0 Å². The van der Waals surface area contributed by atoms with Gasteiger partial charge in [-0.25, -0.2) is 19.5 Å². The molecule has 0 saturated heterocycles. The second kappa shape index (κ2) is 13.9. The number of hydroxylamine groups is 1. The van der Waals surface area contributed by atoms with Crippen LogP contribution < -0.4 is 20.4 Å². The van der Waals surface area contributed by atoms with Crippen molar-refractivity contribution in [3.05, 3.63) is 88.2 Å². The van der Waals surface area contributed by atoms with Crippen LogP contribution >= 0.6 is 11.6 Å². The first-order valence-electron chi connectivity index (χ1n) is 13.3. The van der Waals surface area contributed by atoms with Crippen molar-refractivity contribution in [1.29, 1.82) is 0 Å². The number of aliphatic imine (C=N–C) groups is 1. The lowest BCUT2D eigenvalue weighted by Crippen LogP contribution is -2.50. The molecule has 2 atom stereocenters. The predicted molar refractivity (Wildman–Crippen MR) is 156 cm³/mol. The molecule has 13 heteroatoms. The summed E-state index contributed by atoms with van der Waals surface area (Å²) in [6.45, 7) is 1.53. The number of ether oxygens (including phenoxy) is 1. The first-order valence-corrected chi connectivity index (χ1v) is 13.7. The predicted octanol–water partition coefficient (Wildman–Crippen LogP) is 4.74. The number of rotatable bonds is 9. The minimum absolute atomic E-state index is 0.00905. The van der Waals surface area contributed by atoms with Gasteiger partial charge in [-0.3, -0.25) is 14.7 Å². The van der Waals surface area contributed by atoms with E-state index in [-0.39, 0.29) is 36.7 Å². The van der Waals surface area contributed by atoms with Gasteiger partial charge in [-0.15, -0.1) is 0 Å². The number of hydrogen-bond donors (Lipinski definition) is 4. The van der Waals surface area contributed by atoms with Crippen LogP contribution in [0.4, 0.5) is 9.18 Å². The van der Waals surface area contributed by atoms with Crippen LogP contribution in [0, 0.1) is 11.7 Å². The lowest BCUT2D eigenvalue weighted by molar-refractivity contribution is -0.131. The number of amidine groups is 1. The Morgan fingerprint density at radius 2 is 1.91 bits per heavy atom. The Morgan fingerprint density at radius 3 is 2.56 bits per heavy atom. The summed E-state index contributed by atoms with van der Waals surface area (Å²) in [5.41, 5.74) is 3.49. The molecule has 0 spiro atoms. The largest absolute Gasteiger partial charge is 0.507 e. The van der Waals surface area contributed by atoms with Gasteiger partial charge in [0, 0.05) is 5.02 Å². The summed E-state index contributed by atoms with van der Waals surface area (Å²) in [5, 5.41) is 22.6. The molecule has 0 aromatic heterocycles. The fraction of sp³-hybridized carbons (Fsp3) is 0.267. The van der Waals surface area contributed by atoms with Crippen LogP contribution in [0.3, 0.4) is 0 Å². The van der Waals surface area contributed by atoms with Crippen molar-refractivity contribution in [3.63, 3.8) is 0 Å². The number of benzene rings is 3. The number of imide groups is 1. The molecule has 4 rings (SSSR count). The van der Waals surface area contributed by atoms with Gasteiger partial charge in [0.2, 0.25) is 5.91 Å². The van der Waals surface area contributed by atoms with E-state index in [9.17, 15) is 29.0 Å². The van der Waals surface area contributed by atoms with Crippen molar-refractivity contribution in [2.24, 2.45) is 10.9 Å². The van der Waals surface area contributed by atoms with Crippen LogP contribution in [-0.4, -0.2) is 59.1 Å². The van der Waals surface area contributed by atoms with Gasteiger partial charge in [0.1, 0.15) is 22.9 Å². The minimum Gasteiger partial charge on any atom is -0.507 e. The zero-order valence-corrected chi connectivity index (χ0v) is 24.1. The Bertz CT molecular complexity index is 1530. The second-order valence-electron chi connectivity index (χ2n) is 9.72. The van der Waals surface area contributed by atoms with Crippen molar-refractivity contribution in [2.45, 2.75) is 25.8 Å². The summed E-state index contributed by atoms with van der Waals surface area (Å²) in [4.78, 5) is 49.7. The number of amides is 3. The van der Waals surface area contributed by atoms with Crippen molar-refractivity contribution >= 4 is 35.3 Å². The van der Waals surface area contributed by atoms with E-state index in [1.54, 1.807) is 25.1 Å². The van der Waals surface area contributed by atoms with Gasteiger partial charge >= 0.3 is 12.0 Å². The molecule has 1 aliphatic rings. The Hall–Kier alpha value is -4.84. The molecule has 226 valence electrons. The van der Waals surface area contributed by atoms with Gasteiger partial charge in [-0.1, -0.05) is 24.6 Å². The van der Waals surface area contributed by atoms with Crippen LogP contribution in [0.1, 0.15) is 40.9 Å². The lowest BCUT2D eigenvalue weighted by atomic mass is 9.97. The molecule has 1 heterocycles. The first kappa shape index (κ1) is 31.1. The van der Waals surface area contributed by atoms with E-state index < -0.39 is 41.4 Å². The molecule has 0 fully saturated rings. The number of aromatic hydroxyl groups is 1. The number of methoxy groups -OCH3 is 1. The fourth-order valence-corrected chi connectivity index (χ4v) is 4.77. The molecule has 0 aliphatic carbocycles. The number of nitrogens with one attached hydrogen (secondary N) is 2. The molecule has 4 N–H and O–H groups in total. The van der Waals surface area contributed by atoms with Gasteiger partial charge in [0.05, 0.1) is 32.2 Å². The Kier molecular flexibility index (Phi) is 10.0. The highest BCUT2D eigenvalue weighted by molar-refractivity contribution is 6.30. The van der Waals surface area contributed by atoms with E-state index in [0.717, 1.165) is 4.90 Å². The van der Waals surface area contributed by atoms with Crippen molar-refractivity contribution < 1.29 is 38.6 Å². The highest BCUT2D eigenvalue weighted by atomic mass is 35.5. The smallest absolute Gasteiger partial charge is 0.339 e. The maximum Gasteiger partial charge on any atom is 0.339 e. The number of carbonyl (C=O) groups excluding carboxylic acids is 2. The number of aromatic carboxylic acids is 1. The van der Waals surface area contributed by atoms with Crippen molar-refractivity contribution in [3.8, 4) is 17.2 Å². The number of hydrogen-bond acceptors (Lipinski definition) is 8. The molecule has 3 aromatic rings. The molecule has 1 aliphatic heterocycles. The molecule has 0 radical (unpaired) electrons. The molecule has 0 bridgehead atoms. The minimum atomic E-state index is -1.29. The van der Waals surface area contributed by atoms with Crippen LogP contribution in [0.25, 0.3) is 0 Å². The summed E-state index contributed by atoms with van der Waals surface area (Å²) in [5.74, 6) is -2.49. The zero-order chi connectivity index (χ0) is 31.1. The van der Waals surface area contributed by atoms with E-state index in [0.29, 0.717) is 28.3 Å². The highest BCUT2D eigenvalue weighted by Crippen LogP contribution is 2.28. The third-order valence-corrected chi connectivity index (χ3v) is 7.08. The molecule has 0 saturated carbocycles. The number of carboxylic acid groups (broad SMARTS) is 1. The fourth-order valence-electron chi connectivity index (χ4n) is 4.57. The zero-order valence-electron chi connectivity index (χ0n) is 23.3. The van der Waals surface area contributed by atoms with E-state index in [1.165, 1.54) is 49.6 Å². The topological polar surface area (TPSA) is 150 Å². The van der Waals surface area contributed by atoms with Crippen LogP contribution in [0.5, 0.6) is 17.2 Å². The highest BCUT2D eigenvalue weighted by Gasteiger charge is 2.34. The summed E-state index contributed by atoms with van der Waals surface area (Å²) in [7, 11) is 1.50. The third-order valence-electron chi connectivity index (χ3n) is 6.84. The quantitative estimate of drug-likeness (QED) is 0.253. The number of carboxylic acids is 1. The molecule has 3 aromatic carbocycles. The third kappa shape index (κ3) is 7.72. The number of urea groups is 1. The maximum absolute atomic E-state index is 13.8. The van der Waals surface area contributed by atoms with E-state index in [2.05, 4.69) is 15.8 Å².